The number of halogens is 2. The molecular weight excluding hydrogens is 620 g/mol. The van der Waals surface area contributed by atoms with Crippen LogP contribution in [0.15, 0.2) is 66.3 Å². The first-order valence-corrected chi connectivity index (χ1v) is 16.2. The van der Waals surface area contributed by atoms with E-state index in [2.05, 4.69) is 5.32 Å². The van der Waals surface area contributed by atoms with Crippen molar-refractivity contribution in [3.63, 3.8) is 0 Å². The molecule has 2 aromatic rings. The van der Waals surface area contributed by atoms with Gasteiger partial charge in [-0.25, -0.2) is 8.78 Å². The molecule has 8 nitrogen and oxygen atoms in total. The van der Waals surface area contributed by atoms with E-state index in [1.54, 1.807) is 14.0 Å². The molecule has 10 heteroatoms. The van der Waals surface area contributed by atoms with E-state index >= 15 is 8.78 Å². The fourth-order valence-electron chi connectivity index (χ4n) is 9.80. The summed E-state index contributed by atoms with van der Waals surface area (Å²) >= 11 is 0. The highest BCUT2D eigenvalue weighted by Gasteiger charge is 2.80. The highest BCUT2D eigenvalue weighted by atomic mass is 19.1. The fourth-order valence-corrected chi connectivity index (χ4v) is 9.80. The summed E-state index contributed by atoms with van der Waals surface area (Å²) in [7, 11) is 3.46. The summed E-state index contributed by atoms with van der Waals surface area (Å²) in [5.41, 5.74) is -2.98. The van der Waals surface area contributed by atoms with Crippen LogP contribution in [-0.2, 0) is 25.5 Å². The second-order valence-electron chi connectivity index (χ2n) is 14.2. The van der Waals surface area contributed by atoms with Crippen molar-refractivity contribution < 1.29 is 42.8 Å². The van der Waals surface area contributed by atoms with E-state index in [0.29, 0.717) is 12.0 Å². The van der Waals surface area contributed by atoms with Gasteiger partial charge in [-0.3, -0.25) is 9.59 Å². The molecule has 4 fully saturated rings. The third kappa shape index (κ3) is 4.52. The summed E-state index contributed by atoms with van der Waals surface area (Å²) in [6, 6.07) is 13.6. The predicted octanol–water partition coefficient (Wildman–Crippen LogP) is 5.61. The number of fused-ring (bicyclic) bond motifs is 7. The number of methoxy groups -OCH3 is 1. The minimum absolute atomic E-state index is 0. The number of carbonyl (C=O) groups excluding carboxylic acids is 2. The number of nitrogens with one attached hydrogen (secondary N) is 1. The molecule has 5 aliphatic rings. The number of rotatable bonds is 7. The van der Waals surface area contributed by atoms with Gasteiger partial charge in [-0.05, 0) is 79.5 Å². The number of anilines is 1. The normalized spacial score (nSPS) is 39.3. The number of allylic oxidation sites excluding steroid dienone is 4. The van der Waals surface area contributed by atoms with Crippen molar-refractivity contribution in [1.29, 1.82) is 0 Å². The third-order valence-corrected chi connectivity index (χ3v) is 12.1. The SMILES string of the molecule is C.CNc1ccc(Cc2ccc([C@@H]3O[C@@H]4C[C@H]5[C@@H]6C[C@H](F)C7=CC(=O)C=C[C@]7(C)[C@@]6(F)[C@@H](O)C[C@]5(C)[C@]4(C(=O)CO)O3)cc2)cc1OC. The van der Waals surface area contributed by atoms with Gasteiger partial charge in [0.2, 0.25) is 0 Å². The molecule has 3 N–H and O–H groups in total. The number of Topliss-reactive ketones (excluding diaryl/α,β-unsaturated/α-hetero) is 1. The van der Waals surface area contributed by atoms with Crippen molar-refractivity contribution in [2.45, 2.75) is 82.9 Å². The van der Waals surface area contributed by atoms with Gasteiger partial charge in [0.05, 0.1) is 25.0 Å². The van der Waals surface area contributed by atoms with Crippen LogP contribution < -0.4 is 10.1 Å². The lowest BCUT2D eigenvalue weighted by atomic mass is 9.44. The van der Waals surface area contributed by atoms with Crippen LogP contribution in [0.5, 0.6) is 5.75 Å². The number of alkyl halides is 2. The summed E-state index contributed by atoms with van der Waals surface area (Å²) in [4.78, 5) is 25.9. The minimum Gasteiger partial charge on any atom is -0.495 e. The largest absolute Gasteiger partial charge is 0.495 e. The lowest BCUT2D eigenvalue weighted by molar-refractivity contribution is -0.235. The van der Waals surface area contributed by atoms with Crippen molar-refractivity contribution in [2.24, 2.45) is 22.7 Å². The number of ether oxygens (including phenoxy) is 3. The molecule has 1 saturated heterocycles. The topological polar surface area (TPSA) is 114 Å². The quantitative estimate of drug-likeness (QED) is 0.350. The molecule has 2 aromatic carbocycles. The number of hydrogen-bond acceptors (Lipinski definition) is 8. The molecule has 0 unspecified atom stereocenters. The van der Waals surface area contributed by atoms with Crippen molar-refractivity contribution in [2.75, 3.05) is 26.1 Å². The molecule has 7 rings (SSSR count). The highest BCUT2D eigenvalue weighted by Crippen LogP contribution is 2.72. The molecule has 48 heavy (non-hydrogen) atoms. The van der Waals surface area contributed by atoms with Gasteiger partial charge in [0.1, 0.15) is 18.5 Å². The Hall–Kier alpha value is -3.44. The Morgan fingerprint density at radius 1 is 1.10 bits per heavy atom. The fraction of sp³-hybridized carbons (Fsp3) is 0.526. The number of carbonyl (C=O) groups is 2. The Bertz CT molecular complexity index is 1680. The van der Waals surface area contributed by atoms with Gasteiger partial charge in [0, 0.05) is 29.4 Å². The smallest absolute Gasteiger partial charge is 0.193 e. The highest BCUT2D eigenvalue weighted by molar-refractivity contribution is 6.01. The van der Waals surface area contributed by atoms with Crippen LogP contribution in [0.3, 0.4) is 0 Å². The second kappa shape index (κ2) is 11.9. The molecule has 0 amide bonds. The minimum atomic E-state index is -2.29. The predicted molar refractivity (Wildman–Crippen MR) is 176 cm³/mol. The van der Waals surface area contributed by atoms with Crippen LogP contribution in [0.25, 0.3) is 0 Å². The van der Waals surface area contributed by atoms with Crippen molar-refractivity contribution in [1.82, 2.24) is 0 Å². The van der Waals surface area contributed by atoms with Crippen LogP contribution >= 0.6 is 0 Å². The van der Waals surface area contributed by atoms with Gasteiger partial charge >= 0.3 is 0 Å². The average molecular weight is 666 g/mol. The maximum Gasteiger partial charge on any atom is 0.193 e. The van der Waals surface area contributed by atoms with Gasteiger partial charge in [0.25, 0.3) is 0 Å². The average Bonchev–Trinajstić information content (AvgIpc) is 3.56. The summed E-state index contributed by atoms with van der Waals surface area (Å²) in [5.74, 6) is -1.87. The van der Waals surface area contributed by atoms with Gasteiger partial charge in [-0.15, -0.1) is 0 Å². The molecule has 1 heterocycles. The molecule has 10 atom stereocenters. The number of ketones is 2. The molecule has 1 aliphatic heterocycles. The zero-order valence-electron chi connectivity index (χ0n) is 27.0. The maximum atomic E-state index is 17.6. The second-order valence-corrected chi connectivity index (χ2v) is 14.2. The first-order valence-electron chi connectivity index (χ1n) is 16.2. The molecule has 0 bridgehead atoms. The first kappa shape index (κ1) is 34.4. The van der Waals surface area contributed by atoms with E-state index in [0.717, 1.165) is 28.6 Å². The zero-order chi connectivity index (χ0) is 33.5. The summed E-state index contributed by atoms with van der Waals surface area (Å²) < 4.78 is 51.9. The van der Waals surface area contributed by atoms with Crippen molar-refractivity contribution in [3.8, 4) is 5.75 Å². The Kier molecular flexibility index (Phi) is 8.51. The summed E-state index contributed by atoms with van der Waals surface area (Å²) in [6.45, 7) is 2.49. The summed E-state index contributed by atoms with van der Waals surface area (Å²) in [5, 5.41) is 25.0. The van der Waals surface area contributed by atoms with Crippen LogP contribution in [0.4, 0.5) is 14.5 Å². The van der Waals surface area contributed by atoms with Gasteiger partial charge in [-0.1, -0.05) is 50.8 Å². The van der Waals surface area contributed by atoms with E-state index in [4.69, 9.17) is 14.2 Å². The van der Waals surface area contributed by atoms with Gasteiger partial charge < -0.3 is 29.7 Å². The third-order valence-electron chi connectivity index (χ3n) is 12.1. The molecule has 258 valence electrons. The first-order chi connectivity index (χ1) is 22.4. The maximum absolute atomic E-state index is 17.6. The van der Waals surface area contributed by atoms with E-state index < -0.39 is 76.8 Å². The lowest BCUT2D eigenvalue weighted by Gasteiger charge is -2.63. The van der Waals surface area contributed by atoms with Crippen LogP contribution in [0.2, 0.25) is 0 Å². The molecule has 3 saturated carbocycles. The standard InChI is InChI=1S/C37H41F2NO7.CH4/c1-34-12-11-23(42)15-26(34)27(38)16-25-24-17-32-37(31(44)19-41,35(24,2)18-30(43)36(25,34)39)47-33(46-32)22-8-5-20(6-9-22)13-21-7-10-28(40-3)29(14-21)45-4;/h5-12,14-15,24-25,27,30,32-33,40-41,43H,13,16-19H2,1-4H3;1H4/t24-,25-,27-,30-,32+,33+,34-,35-,36-,37+;/m0./s1. The monoisotopic (exact) mass is 665 g/mol. The molecule has 0 spiro atoms. The molecule has 0 radical (unpaired) electrons. The lowest BCUT2D eigenvalue weighted by Crippen LogP contribution is -2.70. The van der Waals surface area contributed by atoms with E-state index in [1.807, 2.05) is 49.5 Å². The number of benzene rings is 2. The Morgan fingerprint density at radius 3 is 2.48 bits per heavy atom. The Morgan fingerprint density at radius 2 is 1.81 bits per heavy atom. The number of aliphatic hydroxyl groups excluding tert-OH is 2. The number of hydrogen-bond donors (Lipinski definition) is 3. The van der Waals surface area contributed by atoms with Crippen molar-refractivity contribution >= 4 is 17.3 Å². The van der Waals surface area contributed by atoms with Gasteiger partial charge in [-0.2, -0.15) is 0 Å². The molecule has 0 aromatic heterocycles. The van der Waals surface area contributed by atoms with Gasteiger partial charge in [0.15, 0.2) is 29.1 Å². The van der Waals surface area contributed by atoms with Crippen LogP contribution in [0, 0.1) is 22.7 Å². The van der Waals surface area contributed by atoms with E-state index in [-0.39, 0.29) is 32.3 Å². The molecular formula is C38H45F2NO7. The summed E-state index contributed by atoms with van der Waals surface area (Å²) in [6.07, 6.45) is -0.779. The van der Waals surface area contributed by atoms with E-state index in [1.165, 1.54) is 19.1 Å². The molecule has 4 aliphatic carbocycles. The number of aliphatic hydroxyl groups is 2. The Labute approximate surface area is 280 Å². The van der Waals surface area contributed by atoms with E-state index in [9.17, 15) is 19.8 Å². The Balaban J connectivity index is 0.00000401. The zero-order valence-corrected chi connectivity index (χ0v) is 27.0. The van der Waals surface area contributed by atoms with Crippen LogP contribution in [-0.4, -0.2) is 72.2 Å². The van der Waals surface area contributed by atoms with Crippen LogP contribution in [0.1, 0.15) is 63.5 Å². The van der Waals surface area contributed by atoms with Crippen molar-refractivity contribution in [3.05, 3.63) is 83.0 Å².